The summed E-state index contributed by atoms with van der Waals surface area (Å²) in [5.74, 6) is -0.637. The lowest BCUT2D eigenvalue weighted by Crippen LogP contribution is -2.13. The van der Waals surface area contributed by atoms with E-state index in [-0.39, 0.29) is 5.91 Å². The summed E-state index contributed by atoms with van der Waals surface area (Å²) in [6.07, 6.45) is 3.32. The number of hydrogen-bond donors (Lipinski definition) is 2. The van der Waals surface area contributed by atoms with Crippen molar-refractivity contribution in [2.24, 2.45) is 5.73 Å². The molecular formula is C15H14N2O2S. The molecule has 102 valence electrons. The Morgan fingerprint density at radius 3 is 2.80 bits per heavy atom. The average molecular weight is 286 g/mol. The highest BCUT2D eigenvalue weighted by Gasteiger charge is 2.18. The first-order valence-corrected chi connectivity index (χ1v) is 7.28. The quantitative estimate of drug-likeness (QED) is 0.910. The number of amides is 2. The van der Waals surface area contributed by atoms with Crippen molar-refractivity contribution >= 4 is 28.8 Å². The van der Waals surface area contributed by atoms with Crippen molar-refractivity contribution in [2.75, 3.05) is 5.32 Å². The first-order valence-electron chi connectivity index (χ1n) is 6.46. The van der Waals surface area contributed by atoms with Gasteiger partial charge in [-0.25, -0.2) is 0 Å². The minimum absolute atomic E-state index is 0.133. The summed E-state index contributed by atoms with van der Waals surface area (Å²) in [6.45, 7) is 0. The van der Waals surface area contributed by atoms with E-state index in [1.54, 1.807) is 35.6 Å². The van der Waals surface area contributed by atoms with Crippen molar-refractivity contribution in [2.45, 2.75) is 19.3 Å². The number of rotatable bonds is 3. The third-order valence-corrected chi connectivity index (χ3v) is 4.61. The van der Waals surface area contributed by atoms with Crippen LogP contribution in [0.2, 0.25) is 0 Å². The molecule has 2 aromatic rings. The van der Waals surface area contributed by atoms with Crippen LogP contribution in [0, 0.1) is 0 Å². The van der Waals surface area contributed by atoms with E-state index in [9.17, 15) is 9.59 Å². The molecule has 1 aromatic carbocycles. The van der Waals surface area contributed by atoms with Gasteiger partial charge in [-0.15, -0.1) is 11.3 Å². The Hall–Kier alpha value is -2.14. The Balaban J connectivity index is 1.78. The van der Waals surface area contributed by atoms with Gasteiger partial charge >= 0.3 is 0 Å². The zero-order valence-electron chi connectivity index (χ0n) is 10.8. The van der Waals surface area contributed by atoms with Crippen LogP contribution in [-0.2, 0) is 12.8 Å². The van der Waals surface area contributed by atoms with Gasteiger partial charge in [-0.3, -0.25) is 9.59 Å². The molecule has 0 fully saturated rings. The van der Waals surface area contributed by atoms with E-state index >= 15 is 0 Å². The number of carbonyl (C=O) groups is 2. The van der Waals surface area contributed by atoms with Crippen LogP contribution in [0.5, 0.6) is 0 Å². The van der Waals surface area contributed by atoms with Crippen LogP contribution in [0.3, 0.4) is 0 Å². The highest BCUT2D eigenvalue weighted by molar-refractivity contribution is 7.14. The number of fused-ring (bicyclic) bond motifs is 1. The van der Waals surface area contributed by atoms with Crippen molar-refractivity contribution in [3.63, 3.8) is 0 Å². The molecule has 4 nitrogen and oxygen atoms in total. The second kappa shape index (κ2) is 5.09. The molecule has 0 bridgehead atoms. The predicted octanol–water partition coefficient (Wildman–Crippen LogP) is 2.59. The summed E-state index contributed by atoms with van der Waals surface area (Å²) in [7, 11) is 0. The number of nitrogens with two attached hydrogens (primary N) is 1. The van der Waals surface area contributed by atoms with Gasteiger partial charge in [-0.1, -0.05) is 6.07 Å². The maximum absolute atomic E-state index is 12.2. The summed E-state index contributed by atoms with van der Waals surface area (Å²) in [4.78, 5) is 25.3. The molecule has 0 radical (unpaired) electrons. The molecule has 3 N–H and O–H groups in total. The summed E-state index contributed by atoms with van der Waals surface area (Å²) < 4.78 is 0. The molecule has 1 aliphatic carbocycles. The van der Waals surface area contributed by atoms with Crippen LogP contribution in [0.4, 0.5) is 5.69 Å². The molecule has 1 heterocycles. The molecule has 0 atom stereocenters. The van der Waals surface area contributed by atoms with E-state index in [4.69, 9.17) is 5.73 Å². The maximum Gasteiger partial charge on any atom is 0.265 e. The number of carbonyl (C=O) groups excluding carboxylic acids is 2. The Bertz CT molecular complexity index is 669. The Labute approximate surface area is 120 Å². The van der Waals surface area contributed by atoms with Gasteiger partial charge in [0.2, 0.25) is 5.91 Å². The topological polar surface area (TPSA) is 72.2 Å². The molecular weight excluding hydrogens is 272 g/mol. The van der Waals surface area contributed by atoms with Crippen molar-refractivity contribution < 1.29 is 9.59 Å². The van der Waals surface area contributed by atoms with Crippen LogP contribution >= 0.6 is 11.3 Å². The van der Waals surface area contributed by atoms with Gasteiger partial charge in [0.15, 0.2) is 0 Å². The second-order valence-electron chi connectivity index (χ2n) is 4.81. The number of aryl methyl sites for hydroxylation is 2. The summed E-state index contributed by atoms with van der Waals surface area (Å²) in [5.41, 5.74) is 7.49. The molecule has 1 aromatic heterocycles. The van der Waals surface area contributed by atoms with E-state index in [0.29, 0.717) is 11.3 Å². The number of hydrogen-bond acceptors (Lipinski definition) is 3. The normalized spacial score (nSPS) is 13.0. The largest absolute Gasteiger partial charge is 0.366 e. The standard InChI is InChI=1S/C15H14N2O2S/c16-14(18)10-4-1-5-11(7-10)17-15(19)13-8-9-3-2-6-12(9)20-13/h1,4-5,7-8H,2-3,6H2,(H2,16,18)(H,17,19). The smallest absolute Gasteiger partial charge is 0.265 e. The molecule has 3 rings (SSSR count). The number of primary amides is 1. The predicted molar refractivity (Wildman–Crippen MR) is 79.3 cm³/mol. The van der Waals surface area contributed by atoms with Crippen molar-refractivity contribution in [1.82, 2.24) is 0 Å². The van der Waals surface area contributed by atoms with Crippen LogP contribution in [0.15, 0.2) is 30.3 Å². The van der Waals surface area contributed by atoms with Crippen molar-refractivity contribution in [1.29, 1.82) is 0 Å². The van der Waals surface area contributed by atoms with Gasteiger partial charge < -0.3 is 11.1 Å². The monoisotopic (exact) mass is 286 g/mol. The van der Waals surface area contributed by atoms with E-state index < -0.39 is 5.91 Å². The SMILES string of the molecule is NC(=O)c1cccc(NC(=O)c2cc3c(s2)CCC3)c1. The minimum atomic E-state index is -0.504. The summed E-state index contributed by atoms with van der Waals surface area (Å²) in [5, 5.41) is 2.81. The first kappa shape index (κ1) is 12.9. The Morgan fingerprint density at radius 1 is 1.20 bits per heavy atom. The highest BCUT2D eigenvalue weighted by atomic mass is 32.1. The van der Waals surface area contributed by atoms with Crippen LogP contribution in [0.25, 0.3) is 0 Å². The molecule has 1 aliphatic rings. The van der Waals surface area contributed by atoms with Gasteiger partial charge in [0.1, 0.15) is 0 Å². The molecule has 0 spiro atoms. The lowest BCUT2D eigenvalue weighted by Gasteiger charge is -2.04. The maximum atomic E-state index is 12.2. The number of thiophene rings is 1. The highest BCUT2D eigenvalue weighted by Crippen LogP contribution is 2.31. The van der Waals surface area contributed by atoms with Crippen LogP contribution < -0.4 is 11.1 Å². The molecule has 20 heavy (non-hydrogen) atoms. The number of anilines is 1. The van der Waals surface area contributed by atoms with Gasteiger partial charge in [0.05, 0.1) is 4.88 Å². The Kier molecular flexibility index (Phi) is 3.28. The van der Waals surface area contributed by atoms with Gasteiger partial charge in [-0.2, -0.15) is 0 Å². The molecule has 0 aliphatic heterocycles. The summed E-state index contributed by atoms with van der Waals surface area (Å²) in [6, 6.07) is 8.62. The minimum Gasteiger partial charge on any atom is -0.366 e. The fourth-order valence-corrected chi connectivity index (χ4v) is 3.53. The number of nitrogens with one attached hydrogen (secondary N) is 1. The van der Waals surface area contributed by atoms with E-state index in [1.807, 2.05) is 6.07 Å². The van der Waals surface area contributed by atoms with Gasteiger partial charge in [-0.05, 0) is 49.1 Å². The van der Waals surface area contributed by atoms with Crippen molar-refractivity contribution in [3.05, 3.63) is 51.2 Å². The van der Waals surface area contributed by atoms with Crippen molar-refractivity contribution in [3.8, 4) is 0 Å². The van der Waals surface area contributed by atoms with Gasteiger partial charge in [0.25, 0.3) is 5.91 Å². The van der Waals surface area contributed by atoms with E-state index in [2.05, 4.69) is 5.32 Å². The third kappa shape index (κ3) is 2.44. The molecule has 0 unspecified atom stereocenters. The molecule has 5 heteroatoms. The number of benzene rings is 1. The zero-order chi connectivity index (χ0) is 14.1. The Morgan fingerprint density at radius 2 is 2.05 bits per heavy atom. The first-order chi connectivity index (χ1) is 9.63. The molecule has 0 saturated carbocycles. The lowest BCUT2D eigenvalue weighted by molar-refractivity contribution is 0.0996. The molecule has 2 amide bonds. The average Bonchev–Trinajstić information content (AvgIpc) is 2.99. The lowest BCUT2D eigenvalue weighted by atomic mass is 10.2. The summed E-state index contributed by atoms with van der Waals surface area (Å²) >= 11 is 1.56. The van der Waals surface area contributed by atoms with E-state index in [0.717, 1.165) is 17.7 Å². The third-order valence-electron chi connectivity index (χ3n) is 3.38. The zero-order valence-corrected chi connectivity index (χ0v) is 11.6. The van der Waals surface area contributed by atoms with Crippen LogP contribution in [0.1, 0.15) is 36.9 Å². The fourth-order valence-electron chi connectivity index (χ4n) is 2.38. The van der Waals surface area contributed by atoms with Crippen LogP contribution in [-0.4, -0.2) is 11.8 Å². The van der Waals surface area contributed by atoms with Gasteiger partial charge in [0, 0.05) is 16.1 Å². The van der Waals surface area contributed by atoms with E-state index in [1.165, 1.54) is 16.9 Å². The second-order valence-corrected chi connectivity index (χ2v) is 5.95. The fraction of sp³-hybridized carbons (Fsp3) is 0.200. The molecule has 0 saturated heterocycles.